The van der Waals surface area contributed by atoms with E-state index in [4.69, 9.17) is 14.2 Å². The Morgan fingerprint density at radius 3 is 2.21 bits per heavy atom. The minimum absolute atomic E-state index is 0.0998. The number of fused-ring (bicyclic) bond motifs is 1. The molecule has 1 amide bonds. The number of carbonyl (C=O) groups is 3. The second kappa shape index (κ2) is 10.1. The molecular formula is C25H20N2O6S. The molecule has 0 aliphatic carbocycles. The third-order valence-corrected chi connectivity index (χ3v) is 5.90. The molecule has 0 bridgehead atoms. The van der Waals surface area contributed by atoms with Crippen molar-refractivity contribution in [3.63, 3.8) is 0 Å². The molecule has 0 saturated carbocycles. The van der Waals surface area contributed by atoms with Gasteiger partial charge in [-0.15, -0.1) is 11.3 Å². The van der Waals surface area contributed by atoms with Gasteiger partial charge in [-0.2, -0.15) is 0 Å². The van der Waals surface area contributed by atoms with Gasteiger partial charge >= 0.3 is 11.9 Å². The van der Waals surface area contributed by atoms with Crippen LogP contribution in [0.25, 0.3) is 20.8 Å². The third kappa shape index (κ3) is 5.05. The first-order chi connectivity index (χ1) is 16.5. The van der Waals surface area contributed by atoms with Crippen molar-refractivity contribution < 1.29 is 28.6 Å². The Labute approximate surface area is 199 Å². The van der Waals surface area contributed by atoms with Crippen molar-refractivity contribution in [1.29, 1.82) is 0 Å². The van der Waals surface area contributed by atoms with Crippen LogP contribution >= 0.6 is 11.3 Å². The highest BCUT2D eigenvalue weighted by Gasteiger charge is 2.16. The first kappa shape index (κ1) is 22.9. The number of esters is 2. The zero-order valence-corrected chi connectivity index (χ0v) is 19.2. The molecule has 0 unspecified atom stereocenters. The molecule has 1 N–H and O–H groups in total. The van der Waals surface area contributed by atoms with E-state index in [1.165, 1.54) is 43.8 Å². The van der Waals surface area contributed by atoms with E-state index in [0.717, 1.165) is 20.8 Å². The summed E-state index contributed by atoms with van der Waals surface area (Å²) < 4.78 is 16.3. The molecule has 0 aliphatic rings. The van der Waals surface area contributed by atoms with Gasteiger partial charge in [-0.3, -0.25) is 4.79 Å². The summed E-state index contributed by atoms with van der Waals surface area (Å²) in [7, 11) is 2.45. The molecule has 0 fully saturated rings. The lowest BCUT2D eigenvalue weighted by Crippen LogP contribution is -2.21. The van der Waals surface area contributed by atoms with Crippen LogP contribution in [0, 0.1) is 0 Å². The number of para-hydroxylation sites is 2. The summed E-state index contributed by atoms with van der Waals surface area (Å²) in [6.45, 7) is -0.294. The number of amides is 1. The molecule has 34 heavy (non-hydrogen) atoms. The van der Waals surface area contributed by atoms with Crippen LogP contribution in [-0.2, 0) is 14.3 Å². The third-order valence-electron chi connectivity index (χ3n) is 4.83. The smallest absolute Gasteiger partial charge is 0.337 e. The van der Waals surface area contributed by atoms with Gasteiger partial charge in [0.15, 0.2) is 6.61 Å². The lowest BCUT2D eigenvalue weighted by molar-refractivity contribution is -0.118. The molecule has 3 aromatic carbocycles. The molecular weight excluding hydrogens is 456 g/mol. The van der Waals surface area contributed by atoms with Gasteiger partial charge in [0.1, 0.15) is 10.8 Å². The topological polar surface area (TPSA) is 104 Å². The maximum Gasteiger partial charge on any atom is 0.337 e. The molecule has 0 radical (unpaired) electrons. The molecule has 4 rings (SSSR count). The predicted molar refractivity (Wildman–Crippen MR) is 128 cm³/mol. The Morgan fingerprint density at radius 1 is 0.882 bits per heavy atom. The normalized spacial score (nSPS) is 10.5. The Bertz CT molecular complexity index is 1310. The minimum Gasteiger partial charge on any atom is -0.483 e. The van der Waals surface area contributed by atoms with Gasteiger partial charge in [0, 0.05) is 5.69 Å². The second-order valence-corrected chi connectivity index (χ2v) is 8.13. The van der Waals surface area contributed by atoms with E-state index in [-0.39, 0.29) is 23.4 Å². The monoisotopic (exact) mass is 476 g/mol. The number of thiazole rings is 1. The molecule has 0 atom stereocenters. The number of carbonyl (C=O) groups excluding carboxylic acids is 3. The van der Waals surface area contributed by atoms with E-state index in [2.05, 4.69) is 10.3 Å². The summed E-state index contributed by atoms with van der Waals surface area (Å²) in [6.07, 6.45) is 0. The van der Waals surface area contributed by atoms with E-state index in [1.54, 1.807) is 6.07 Å². The average Bonchev–Trinajstić information content (AvgIpc) is 3.30. The van der Waals surface area contributed by atoms with Crippen molar-refractivity contribution in [1.82, 2.24) is 4.98 Å². The van der Waals surface area contributed by atoms with Gasteiger partial charge in [0.2, 0.25) is 0 Å². The minimum atomic E-state index is -0.651. The Hall–Kier alpha value is -4.24. The quantitative estimate of drug-likeness (QED) is 0.390. The first-order valence-corrected chi connectivity index (χ1v) is 11.0. The molecule has 9 heteroatoms. The van der Waals surface area contributed by atoms with Crippen LogP contribution in [0.1, 0.15) is 20.7 Å². The fourth-order valence-electron chi connectivity index (χ4n) is 3.27. The standard InChI is InChI=1S/C25H20N2O6S/c1-31-24(29)15-11-16(25(30)32-2)13-17(12-15)26-22(28)14-33-20-9-5-3-7-18(20)23-27-19-8-4-6-10-21(19)34-23/h3-13H,14H2,1-2H3,(H,26,28). The number of anilines is 1. The molecule has 1 aromatic heterocycles. The number of hydrogen-bond donors (Lipinski definition) is 1. The van der Waals surface area contributed by atoms with E-state index in [0.29, 0.717) is 5.75 Å². The number of benzene rings is 3. The molecule has 4 aromatic rings. The predicted octanol–water partition coefficient (Wildman–Crippen LogP) is 4.55. The zero-order chi connectivity index (χ0) is 24.1. The second-order valence-electron chi connectivity index (χ2n) is 7.10. The number of nitrogens with one attached hydrogen (secondary N) is 1. The lowest BCUT2D eigenvalue weighted by atomic mass is 10.1. The van der Waals surface area contributed by atoms with Gasteiger partial charge in [0.25, 0.3) is 5.91 Å². The summed E-state index contributed by atoms with van der Waals surface area (Å²) in [6, 6.07) is 19.3. The molecule has 1 heterocycles. The fourth-order valence-corrected chi connectivity index (χ4v) is 4.26. The van der Waals surface area contributed by atoms with Gasteiger partial charge in [-0.1, -0.05) is 24.3 Å². The van der Waals surface area contributed by atoms with E-state index in [1.807, 2.05) is 42.5 Å². The summed E-state index contributed by atoms with van der Waals surface area (Å²) in [5, 5.41) is 3.42. The average molecular weight is 477 g/mol. The van der Waals surface area contributed by atoms with Crippen LogP contribution in [0.15, 0.2) is 66.7 Å². The van der Waals surface area contributed by atoms with Crippen LogP contribution in [0.3, 0.4) is 0 Å². The maximum absolute atomic E-state index is 12.6. The number of hydrogen-bond acceptors (Lipinski definition) is 8. The van der Waals surface area contributed by atoms with Crippen molar-refractivity contribution in [3.05, 3.63) is 77.9 Å². The van der Waals surface area contributed by atoms with Gasteiger partial charge in [-0.05, 0) is 42.5 Å². The van der Waals surface area contributed by atoms with Gasteiger partial charge in [-0.25, -0.2) is 14.6 Å². The number of nitrogens with zero attached hydrogens (tertiary/aromatic N) is 1. The van der Waals surface area contributed by atoms with Crippen molar-refractivity contribution in [2.45, 2.75) is 0 Å². The number of ether oxygens (including phenoxy) is 3. The number of rotatable bonds is 7. The summed E-state index contributed by atoms with van der Waals surface area (Å²) >= 11 is 1.54. The summed E-state index contributed by atoms with van der Waals surface area (Å²) in [4.78, 5) is 41.1. The molecule has 0 aliphatic heterocycles. The van der Waals surface area contributed by atoms with E-state index >= 15 is 0 Å². The van der Waals surface area contributed by atoms with E-state index in [9.17, 15) is 14.4 Å². The van der Waals surface area contributed by atoms with Crippen LogP contribution in [0.4, 0.5) is 5.69 Å². The Balaban J connectivity index is 1.51. The van der Waals surface area contributed by atoms with Gasteiger partial charge < -0.3 is 19.5 Å². The fraction of sp³-hybridized carbons (Fsp3) is 0.120. The highest BCUT2D eigenvalue weighted by molar-refractivity contribution is 7.21. The Kier molecular flexibility index (Phi) is 6.84. The number of methoxy groups -OCH3 is 2. The highest BCUT2D eigenvalue weighted by atomic mass is 32.1. The SMILES string of the molecule is COC(=O)c1cc(NC(=O)COc2ccccc2-c2nc3ccccc3s2)cc(C(=O)OC)c1. The van der Waals surface area contributed by atoms with Crippen molar-refractivity contribution in [2.24, 2.45) is 0 Å². The van der Waals surface area contributed by atoms with Crippen molar-refractivity contribution >= 4 is 45.1 Å². The van der Waals surface area contributed by atoms with Gasteiger partial charge in [0.05, 0.1) is 41.1 Å². The zero-order valence-electron chi connectivity index (χ0n) is 18.4. The Morgan fingerprint density at radius 2 is 1.53 bits per heavy atom. The largest absolute Gasteiger partial charge is 0.483 e. The molecule has 0 saturated heterocycles. The van der Waals surface area contributed by atoms with E-state index < -0.39 is 17.8 Å². The molecule has 0 spiro atoms. The highest BCUT2D eigenvalue weighted by Crippen LogP contribution is 2.35. The van der Waals surface area contributed by atoms with Crippen LogP contribution < -0.4 is 10.1 Å². The van der Waals surface area contributed by atoms with Crippen molar-refractivity contribution in [3.8, 4) is 16.3 Å². The maximum atomic E-state index is 12.6. The van der Waals surface area contributed by atoms with Crippen LogP contribution in [-0.4, -0.2) is 43.7 Å². The molecule has 172 valence electrons. The molecule has 8 nitrogen and oxygen atoms in total. The number of aromatic nitrogens is 1. The summed E-state index contributed by atoms with van der Waals surface area (Å²) in [5.41, 5.74) is 2.10. The van der Waals surface area contributed by atoms with Crippen molar-refractivity contribution in [2.75, 3.05) is 26.1 Å². The first-order valence-electron chi connectivity index (χ1n) is 10.2. The lowest BCUT2D eigenvalue weighted by Gasteiger charge is -2.12. The summed E-state index contributed by atoms with van der Waals surface area (Å²) in [5.74, 6) is -1.27. The van der Waals surface area contributed by atoms with Crippen LogP contribution in [0.2, 0.25) is 0 Å². The van der Waals surface area contributed by atoms with Crippen LogP contribution in [0.5, 0.6) is 5.75 Å².